The normalized spacial score (nSPS) is 15.0. The molecule has 8 nitrogen and oxygen atoms in total. The third kappa shape index (κ3) is 7.60. The Bertz CT molecular complexity index is 1410. The summed E-state index contributed by atoms with van der Waals surface area (Å²) in [5, 5.41) is 6.75. The summed E-state index contributed by atoms with van der Waals surface area (Å²) < 4.78 is 89.0. The lowest BCUT2D eigenvalue weighted by molar-refractivity contribution is -0.143. The highest BCUT2D eigenvalue weighted by Gasteiger charge is 2.37. The minimum atomic E-state index is -5.10. The van der Waals surface area contributed by atoms with E-state index in [4.69, 9.17) is 4.74 Å². The molecule has 3 heterocycles. The molecule has 0 bridgehead atoms. The van der Waals surface area contributed by atoms with E-state index in [-0.39, 0.29) is 29.2 Å². The molecule has 0 saturated carbocycles. The van der Waals surface area contributed by atoms with E-state index in [1.165, 1.54) is 12.5 Å². The van der Waals surface area contributed by atoms with Crippen LogP contribution in [0.4, 0.5) is 26.3 Å². The number of carbonyl (C=O) groups is 1. The van der Waals surface area contributed by atoms with E-state index < -0.39 is 47.1 Å². The molecule has 1 amide bonds. The van der Waals surface area contributed by atoms with E-state index in [0.29, 0.717) is 25.2 Å². The number of aromatic nitrogens is 3. The van der Waals surface area contributed by atoms with Crippen LogP contribution in [0.5, 0.6) is 5.88 Å². The van der Waals surface area contributed by atoms with Gasteiger partial charge in [0, 0.05) is 24.2 Å². The number of alkyl halides is 6. The first kappa shape index (κ1) is 30.4. The fourth-order valence-electron chi connectivity index (χ4n) is 4.78. The summed E-state index contributed by atoms with van der Waals surface area (Å²) in [6.45, 7) is 5.85. The molecule has 0 atom stereocenters. The summed E-state index contributed by atoms with van der Waals surface area (Å²) >= 11 is 0. The van der Waals surface area contributed by atoms with Crippen molar-refractivity contribution in [2.75, 3.05) is 26.2 Å². The van der Waals surface area contributed by atoms with Crippen molar-refractivity contribution in [1.29, 1.82) is 0 Å². The van der Waals surface area contributed by atoms with Crippen molar-refractivity contribution in [3.05, 3.63) is 51.9 Å². The summed E-state index contributed by atoms with van der Waals surface area (Å²) in [5.41, 5.74) is -4.89. The summed E-state index contributed by atoms with van der Waals surface area (Å²) in [7, 11) is 0. The molecule has 14 heteroatoms. The van der Waals surface area contributed by atoms with Gasteiger partial charge < -0.3 is 15.0 Å². The zero-order chi connectivity index (χ0) is 29.9. The average molecular weight is 588 g/mol. The summed E-state index contributed by atoms with van der Waals surface area (Å²) in [6, 6.07) is 2.02. The molecule has 0 unspecified atom stereocenters. The number of nitrogens with one attached hydrogen (secondary N) is 1. The maximum Gasteiger partial charge on any atom is 0.416 e. The lowest BCUT2D eigenvalue weighted by Crippen LogP contribution is -2.37. The SMILES string of the molecule is CC(C)NC(=O)Cn1c(-c2cc(C(F)(F)F)cc(C(F)(F)F)c2)cn2nc(OCCCN3CCCCC3)cc2c1=O. The number of hydrogen-bond acceptors (Lipinski definition) is 5. The quantitative estimate of drug-likeness (QED) is 0.282. The minimum absolute atomic E-state index is 0.000302. The van der Waals surface area contributed by atoms with Crippen molar-refractivity contribution in [3.63, 3.8) is 0 Å². The van der Waals surface area contributed by atoms with Gasteiger partial charge in [-0.25, -0.2) is 4.52 Å². The first-order valence-electron chi connectivity index (χ1n) is 13.3. The molecule has 41 heavy (non-hydrogen) atoms. The zero-order valence-corrected chi connectivity index (χ0v) is 22.6. The molecule has 2 aromatic heterocycles. The average Bonchev–Trinajstić information content (AvgIpc) is 3.30. The maximum absolute atomic E-state index is 13.6. The molecule has 0 spiro atoms. The van der Waals surface area contributed by atoms with Gasteiger partial charge in [0.1, 0.15) is 12.1 Å². The molecule has 1 fully saturated rings. The lowest BCUT2D eigenvalue weighted by atomic mass is 10.0. The Labute approximate surface area is 231 Å². The van der Waals surface area contributed by atoms with Crippen molar-refractivity contribution < 1.29 is 35.9 Å². The van der Waals surface area contributed by atoms with Crippen LogP contribution < -0.4 is 15.6 Å². The van der Waals surface area contributed by atoms with Crippen molar-refractivity contribution in [2.45, 2.75) is 64.5 Å². The molecule has 4 rings (SSSR count). The molecule has 1 N–H and O–H groups in total. The van der Waals surface area contributed by atoms with Gasteiger partial charge in [0.25, 0.3) is 5.56 Å². The molecule has 1 saturated heterocycles. The van der Waals surface area contributed by atoms with Gasteiger partial charge in [0.2, 0.25) is 11.8 Å². The minimum Gasteiger partial charge on any atom is -0.477 e. The van der Waals surface area contributed by atoms with Crippen molar-refractivity contribution in [1.82, 2.24) is 24.4 Å². The monoisotopic (exact) mass is 587 g/mol. The largest absolute Gasteiger partial charge is 0.477 e. The van der Waals surface area contributed by atoms with Crippen LogP contribution in [0.25, 0.3) is 16.8 Å². The second-order valence-electron chi connectivity index (χ2n) is 10.3. The number of benzene rings is 1. The van der Waals surface area contributed by atoms with E-state index in [1.54, 1.807) is 13.8 Å². The number of piperidine rings is 1. The summed E-state index contributed by atoms with van der Waals surface area (Å²) in [6.07, 6.45) is -4.87. The van der Waals surface area contributed by atoms with Gasteiger partial charge in [-0.15, -0.1) is 5.10 Å². The van der Waals surface area contributed by atoms with E-state index in [2.05, 4.69) is 15.3 Å². The number of hydrogen-bond donors (Lipinski definition) is 1. The Morgan fingerprint density at radius 3 is 2.22 bits per heavy atom. The Kier molecular flexibility index (Phi) is 9.00. The van der Waals surface area contributed by atoms with Gasteiger partial charge in [-0.05, 0) is 64.4 Å². The Hall–Kier alpha value is -3.55. The predicted molar refractivity (Wildman–Crippen MR) is 139 cm³/mol. The third-order valence-electron chi connectivity index (χ3n) is 6.67. The number of halogens is 6. The van der Waals surface area contributed by atoms with E-state index in [1.807, 2.05) is 0 Å². The van der Waals surface area contributed by atoms with Gasteiger partial charge in [-0.2, -0.15) is 26.3 Å². The fourth-order valence-corrected chi connectivity index (χ4v) is 4.78. The second-order valence-corrected chi connectivity index (χ2v) is 10.3. The van der Waals surface area contributed by atoms with E-state index in [9.17, 15) is 35.9 Å². The molecule has 0 aliphatic carbocycles. The maximum atomic E-state index is 13.6. The number of rotatable bonds is 9. The highest BCUT2D eigenvalue weighted by Crippen LogP contribution is 2.38. The van der Waals surface area contributed by atoms with E-state index in [0.717, 1.165) is 47.8 Å². The van der Waals surface area contributed by atoms with Crippen molar-refractivity contribution in [2.24, 2.45) is 0 Å². The fraction of sp³-hybridized carbons (Fsp3) is 0.519. The highest BCUT2D eigenvalue weighted by molar-refractivity contribution is 5.77. The molecule has 224 valence electrons. The topological polar surface area (TPSA) is 80.9 Å². The molecule has 1 aromatic carbocycles. The summed E-state index contributed by atoms with van der Waals surface area (Å²) in [4.78, 5) is 28.4. The van der Waals surface area contributed by atoms with Crippen LogP contribution in [0.15, 0.2) is 35.3 Å². The number of ether oxygens (including phenoxy) is 1. The van der Waals surface area contributed by atoms with Gasteiger partial charge in [0.15, 0.2) is 0 Å². The Morgan fingerprint density at radius 2 is 1.63 bits per heavy atom. The number of fused-ring (bicyclic) bond motifs is 1. The molecule has 1 aliphatic heterocycles. The zero-order valence-electron chi connectivity index (χ0n) is 22.6. The lowest BCUT2D eigenvalue weighted by Gasteiger charge is -2.26. The first-order valence-corrected chi connectivity index (χ1v) is 13.3. The molecule has 0 radical (unpaired) electrons. The number of carbonyl (C=O) groups excluding carboxylic acids is 1. The van der Waals surface area contributed by atoms with E-state index >= 15 is 0 Å². The van der Waals surface area contributed by atoms with Gasteiger partial charge >= 0.3 is 12.4 Å². The van der Waals surface area contributed by atoms with Crippen LogP contribution in [-0.4, -0.2) is 57.3 Å². The van der Waals surface area contributed by atoms with Crippen LogP contribution in [0.1, 0.15) is 50.7 Å². The Morgan fingerprint density at radius 1 is 1.00 bits per heavy atom. The standard InChI is InChI=1S/C27H31F6N5O3/c1-17(2)34-23(39)16-37-22(18-11-19(26(28,29)30)13-20(12-18)27(31,32)33)15-38-21(25(37)40)14-24(35-38)41-10-6-9-36-7-4-3-5-8-36/h11-15,17H,3-10,16H2,1-2H3,(H,34,39). The highest BCUT2D eigenvalue weighted by atomic mass is 19.4. The Balaban J connectivity index is 1.74. The first-order chi connectivity index (χ1) is 19.2. The van der Waals surface area contributed by atoms with Gasteiger partial charge in [-0.1, -0.05) is 6.42 Å². The number of nitrogens with zero attached hydrogens (tertiary/aromatic N) is 4. The van der Waals surface area contributed by atoms with Crippen molar-refractivity contribution in [3.8, 4) is 17.1 Å². The molecular formula is C27H31F6N5O3. The van der Waals surface area contributed by atoms with Crippen LogP contribution in [0.3, 0.4) is 0 Å². The predicted octanol–water partition coefficient (Wildman–Crippen LogP) is 4.98. The number of likely N-dealkylation sites (tertiary alicyclic amines) is 1. The molecule has 3 aromatic rings. The van der Waals surface area contributed by atoms with Gasteiger partial charge in [-0.3, -0.25) is 14.2 Å². The summed E-state index contributed by atoms with van der Waals surface area (Å²) in [5.74, 6) is -0.583. The molecular weight excluding hydrogens is 556 g/mol. The van der Waals surface area contributed by atoms with Crippen molar-refractivity contribution >= 4 is 11.4 Å². The van der Waals surface area contributed by atoms with Crippen LogP contribution in [0, 0.1) is 0 Å². The van der Waals surface area contributed by atoms with Crippen LogP contribution in [0.2, 0.25) is 0 Å². The van der Waals surface area contributed by atoms with Gasteiger partial charge in [0.05, 0.1) is 29.6 Å². The molecule has 1 aliphatic rings. The third-order valence-corrected chi connectivity index (χ3v) is 6.67. The van der Waals surface area contributed by atoms with Crippen LogP contribution >= 0.6 is 0 Å². The number of amides is 1. The smallest absolute Gasteiger partial charge is 0.416 e. The second kappa shape index (κ2) is 12.1. The van der Waals surface area contributed by atoms with Crippen LogP contribution in [-0.2, 0) is 23.7 Å².